The molecule has 0 saturated heterocycles. The SMILES string of the molecule is CC1=CC(c2cccc(F)c2)=CC1C. The summed E-state index contributed by atoms with van der Waals surface area (Å²) in [7, 11) is 0. The Kier molecular flexibility index (Phi) is 2.24. The molecule has 1 aliphatic rings. The summed E-state index contributed by atoms with van der Waals surface area (Å²) in [5, 5.41) is 0. The average Bonchev–Trinajstić information content (AvgIpc) is 2.47. The molecular weight excluding hydrogens is 175 g/mol. The van der Waals surface area contributed by atoms with Crippen molar-refractivity contribution in [3.05, 3.63) is 53.4 Å². The molecular formula is C13H13F. The molecule has 0 N–H and O–H groups in total. The topological polar surface area (TPSA) is 0 Å². The van der Waals surface area contributed by atoms with Crippen LogP contribution in [0.1, 0.15) is 19.4 Å². The molecule has 0 saturated carbocycles. The van der Waals surface area contributed by atoms with Gasteiger partial charge < -0.3 is 0 Å². The maximum atomic E-state index is 13.0. The Balaban J connectivity index is 2.38. The van der Waals surface area contributed by atoms with Gasteiger partial charge >= 0.3 is 0 Å². The van der Waals surface area contributed by atoms with Crippen molar-refractivity contribution in [1.82, 2.24) is 0 Å². The number of allylic oxidation sites excluding steroid dienone is 4. The lowest BCUT2D eigenvalue weighted by molar-refractivity contribution is 0.627. The van der Waals surface area contributed by atoms with E-state index in [0.29, 0.717) is 5.92 Å². The Morgan fingerprint density at radius 1 is 1.29 bits per heavy atom. The summed E-state index contributed by atoms with van der Waals surface area (Å²) in [4.78, 5) is 0. The summed E-state index contributed by atoms with van der Waals surface area (Å²) in [5.41, 5.74) is 3.44. The van der Waals surface area contributed by atoms with Gasteiger partial charge in [0.25, 0.3) is 0 Å². The minimum absolute atomic E-state index is 0.172. The van der Waals surface area contributed by atoms with E-state index < -0.39 is 0 Å². The lowest BCUT2D eigenvalue weighted by Gasteiger charge is -1.99. The third-order valence-corrected chi connectivity index (χ3v) is 2.69. The summed E-state index contributed by atoms with van der Waals surface area (Å²) < 4.78 is 13.0. The highest BCUT2D eigenvalue weighted by atomic mass is 19.1. The average molecular weight is 188 g/mol. The van der Waals surface area contributed by atoms with Gasteiger partial charge in [-0.1, -0.05) is 36.8 Å². The van der Waals surface area contributed by atoms with E-state index in [1.165, 1.54) is 11.6 Å². The quantitative estimate of drug-likeness (QED) is 0.628. The minimum atomic E-state index is -0.172. The second-order valence-corrected chi connectivity index (χ2v) is 3.81. The lowest BCUT2D eigenvalue weighted by Crippen LogP contribution is -1.84. The van der Waals surface area contributed by atoms with Crippen molar-refractivity contribution in [2.75, 3.05) is 0 Å². The first-order valence-electron chi connectivity index (χ1n) is 4.83. The fourth-order valence-electron chi connectivity index (χ4n) is 1.67. The van der Waals surface area contributed by atoms with Gasteiger partial charge in [0, 0.05) is 0 Å². The van der Waals surface area contributed by atoms with E-state index in [0.717, 1.165) is 11.1 Å². The smallest absolute Gasteiger partial charge is 0.123 e. The number of benzene rings is 1. The van der Waals surface area contributed by atoms with E-state index in [2.05, 4.69) is 26.0 Å². The fraction of sp³-hybridized carbons (Fsp3) is 0.231. The molecule has 0 nitrogen and oxygen atoms in total. The Morgan fingerprint density at radius 2 is 2.07 bits per heavy atom. The van der Waals surface area contributed by atoms with E-state index in [-0.39, 0.29) is 5.82 Å². The highest BCUT2D eigenvalue weighted by Crippen LogP contribution is 2.29. The van der Waals surface area contributed by atoms with Crippen LogP contribution in [0, 0.1) is 11.7 Å². The standard InChI is InChI=1S/C13H13F/c1-9-6-12(7-10(9)2)11-4-3-5-13(14)8-11/h3-9H,1-2H3. The molecule has 0 radical (unpaired) electrons. The highest BCUT2D eigenvalue weighted by Gasteiger charge is 2.12. The third-order valence-electron chi connectivity index (χ3n) is 2.69. The molecule has 0 bridgehead atoms. The van der Waals surface area contributed by atoms with Crippen LogP contribution in [0.2, 0.25) is 0 Å². The maximum Gasteiger partial charge on any atom is 0.123 e. The van der Waals surface area contributed by atoms with E-state index in [4.69, 9.17) is 0 Å². The number of halogens is 1. The third kappa shape index (κ3) is 1.63. The molecule has 0 spiro atoms. The van der Waals surface area contributed by atoms with Crippen molar-refractivity contribution in [3.8, 4) is 0 Å². The Morgan fingerprint density at radius 3 is 2.64 bits per heavy atom. The van der Waals surface area contributed by atoms with Crippen LogP contribution < -0.4 is 0 Å². The molecule has 1 aromatic rings. The van der Waals surface area contributed by atoms with Crippen molar-refractivity contribution in [3.63, 3.8) is 0 Å². The van der Waals surface area contributed by atoms with Crippen molar-refractivity contribution < 1.29 is 4.39 Å². The van der Waals surface area contributed by atoms with Crippen LogP contribution in [0.4, 0.5) is 4.39 Å². The largest absolute Gasteiger partial charge is 0.207 e. The zero-order valence-electron chi connectivity index (χ0n) is 8.42. The molecule has 1 atom stereocenters. The number of rotatable bonds is 1. The molecule has 72 valence electrons. The van der Waals surface area contributed by atoms with Gasteiger partial charge in [-0.05, 0) is 36.1 Å². The molecule has 2 rings (SSSR count). The molecule has 0 amide bonds. The summed E-state index contributed by atoms with van der Waals surface area (Å²) in [6.07, 6.45) is 4.30. The normalized spacial score (nSPS) is 20.6. The summed E-state index contributed by atoms with van der Waals surface area (Å²) in [6.45, 7) is 4.26. The van der Waals surface area contributed by atoms with Crippen LogP contribution in [-0.2, 0) is 0 Å². The van der Waals surface area contributed by atoms with Crippen LogP contribution in [0.3, 0.4) is 0 Å². The van der Waals surface area contributed by atoms with E-state index in [9.17, 15) is 4.39 Å². The molecule has 0 aliphatic heterocycles. The second-order valence-electron chi connectivity index (χ2n) is 3.81. The van der Waals surface area contributed by atoms with Crippen LogP contribution in [0.25, 0.3) is 5.57 Å². The van der Waals surface area contributed by atoms with Crippen molar-refractivity contribution in [1.29, 1.82) is 0 Å². The first-order chi connectivity index (χ1) is 6.66. The lowest BCUT2D eigenvalue weighted by atomic mass is 10.1. The predicted molar refractivity (Wildman–Crippen MR) is 57.3 cm³/mol. The summed E-state index contributed by atoms with van der Waals surface area (Å²) in [5.74, 6) is 0.308. The molecule has 0 aromatic heterocycles. The Labute approximate surface area is 83.8 Å². The van der Waals surface area contributed by atoms with Gasteiger partial charge in [0.1, 0.15) is 5.82 Å². The van der Waals surface area contributed by atoms with Crippen LogP contribution in [0.15, 0.2) is 42.0 Å². The maximum absolute atomic E-state index is 13.0. The van der Waals surface area contributed by atoms with Gasteiger partial charge in [-0.15, -0.1) is 0 Å². The summed E-state index contributed by atoms with van der Waals surface area (Å²) >= 11 is 0. The van der Waals surface area contributed by atoms with E-state index in [1.54, 1.807) is 12.1 Å². The fourth-order valence-corrected chi connectivity index (χ4v) is 1.67. The van der Waals surface area contributed by atoms with Gasteiger partial charge in [-0.2, -0.15) is 0 Å². The molecule has 1 unspecified atom stereocenters. The first kappa shape index (κ1) is 9.20. The van der Waals surface area contributed by atoms with Crippen molar-refractivity contribution >= 4 is 5.57 Å². The van der Waals surface area contributed by atoms with E-state index >= 15 is 0 Å². The Bertz CT molecular complexity index is 413. The van der Waals surface area contributed by atoms with Gasteiger partial charge in [0.15, 0.2) is 0 Å². The molecule has 1 aliphatic carbocycles. The monoisotopic (exact) mass is 188 g/mol. The highest BCUT2D eigenvalue weighted by molar-refractivity contribution is 5.77. The van der Waals surface area contributed by atoms with Gasteiger partial charge in [-0.25, -0.2) is 4.39 Å². The van der Waals surface area contributed by atoms with Crippen LogP contribution in [0.5, 0.6) is 0 Å². The molecule has 14 heavy (non-hydrogen) atoms. The predicted octanol–water partition coefficient (Wildman–Crippen LogP) is 3.81. The van der Waals surface area contributed by atoms with E-state index in [1.807, 2.05) is 6.07 Å². The summed E-state index contributed by atoms with van der Waals surface area (Å²) in [6, 6.07) is 6.74. The van der Waals surface area contributed by atoms with Crippen molar-refractivity contribution in [2.24, 2.45) is 5.92 Å². The van der Waals surface area contributed by atoms with Gasteiger partial charge in [0.05, 0.1) is 0 Å². The molecule has 0 fully saturated rings. The zero-order chi connectivity index (χ0) is 10.1. The molecule has 0 heterocycles. The first-order valence-corrected chi connectivity index (χ1v) is 4.83. The van der Waals surface area contributed by atoms with Crippen LogP contribution in [-0.4, -0.2) is 0 Å². The van der Waals surface area contributed by atoms with Gasteiger partial charge in [0.2, 0.25) is 0 Å². The van der Waals surface area contributed by atoms with Crippen molar-refractivity contribution in [2.45, 2.75) is 13.8 Å². The zero-order valence-corrected chi connectivity index (χ0v) is 8.42. The second kappa shape index (κ2) is 3.41. The molecule has 1 heteroatoms. The minimum Gasteiger partial charge on any atom is -0.207 e. The van der Waals surface area contributed by atoms with Crippen LogP contribution >= 0.6 is 0 Å². The van der Waals surface area contributed by atoms with Gasteiger partial charge in [-0.3, -0.25) is 0 Å². The Hall–Kier alpha value is -1.37. The molecule has 1 aromatic carbocycles. The number of hydrogen-bond donors (Lipinski definition) is 0. The number of hydrogen-bond acceptors (Lipinski definition) is 0.